The Kier molecular flexibility index (Phi) is 4.81. The van der Waals surface area contributed by atoms with Gasteiger partial charge in [-0.2, -0.15) is 5.10 Å². The van der Waals surface area contributed by atoms with E-state index >= 15 is 0 Å². The maximum Gasteiger partial charge on any atom is 0.573 e. The van der Waals surface area contributed by atoms with Crippen molar-refractivity contribution in [2.75, 3.05) is 0 Å². The zero-order valence-corrected chi connectivity index (χ0v) is 15.6. The van der Waals surface area contributed by atoms with Crippen molar-refractivity contribution in [1.82, 2.24) is 14.8 Å². The van der Waals surface area contributed by atoms with E-state index in [4.69, 9.17) is 0 Å². The van der Waals surface area contributed by atoms with E-state index in [9.17, 15) is 22.4 Å². The maximum atomic E-state index is 13.6. The van der Waals surface area contributed by atoms with Crippen molar-refractivity contribution in [2.24, 2.45) is 0 Å². The lowest BCUT2D eigenvalue weighted by molar-refractivity contribution is -0.274. The van der Waals surface area contributed by atoms with Gasteiger partial charge in [0.15, 0.2) is 5.43 Å². The molecule has 0 aliphatic rings. The highest BCUT2D eigenvalue weighted by atomic mass is 19.4. The number of hydrogen-bond donors (Lipinski definition) is 1. The first kappa shape index (κ1) is 19.7. The van der Waals surface area contributed by atoms with E-state index in [1.165, 1.54) is 42.5 Å². The fourth-order valence-electron chi connectivity index (χ4n) is 3.21. The first-order valence-corrected chi connectivity index (χ1v) is 8.89. The normalized spacial score (nSPS) is 11.8. The molecule has 4 aromatic rings. The number of fused-ring (bicyclic) bond motifs is 1. The summed E-state index contributed by atoms with van der Waals surface area (Å²) in [6, 6.07) is 9.41. The van der Waals surface area contributed by atoms with Crippen LogP contribution in [0.1, 0.15) is 11.1 Å². The SMILES string of the molecule is Cc1c(-c2cnn(Cc3ccc(OC(F)(F)F)cc3)c2)[nH]c2cc(F)ccc2c1=O. The number of nitrogens with one attached hydrogen (secondary N) is 1. The number of pyridine rings is 1. The summed E-state index contributed by atoms with van der Waals surface area (Å²) in [4.78, 5) is 15.7. The Hall–Kier alpha value is -3.62. The predicted octanol–water partition coefficient (Wildman–Crippen LogP) is 4.79. The largest absolute Gasteiger partial charge is 0.573 e. The minimum Gasteiger partial charge on any atom is -0.406 e. The highest BCUT2D eigenvalue weighted by Crippen LogP contribution is 2.24. The molecule has 0 amide bonds. The Morgan fingerprint density at radius 1 is 1.13 bits per heavy atom. The molecule has 4 rings (SSSR count). The number of alkyl halides is 3. The lowest BCUT2D eigenvalue weighted by atomic mass is 10.1. The fourth-order valence-corrected chi connectivity index (χ4v) is 3.21. The molecule has 9 heteroatoms. The molecule has 0 atom stereocenters. The van der Waals surface area contributed by atoms with Gasteiger partial charge >= 0.3 is 6.36 Å². The number of benzene rings is 2. The van der Waals surface area contributed by atoms with Crippen molar-refractivity contribution in [2.45, 2.75) is 19.8 Å². The van der Waals surface area contributed by atoms with Crippen molar-refractivity contribution in [3.05, 3.63) is 82.0 Å². The van der Waals surface area contributed by atoms with Gasteiger partial charge in [0.25, 0.3) is 0 Å². The molecule has 154 valence electrons. The minimum absolute atomic E-state index is 0.202. The standard InChI is InChI=1S/C21H15F4N3O2/c1-12-19(27-18-8-15(22)4-7-17(18)20(12)29)14-9-26-28(11-14)10-13-2-5-16(6-3-13)30-21(23,24)25/h2-9,11H,10H2,1H3,(H,27,29). The van der Waals surface area contributed by atoms with Gasteiger partial charge < -0.3 is 9.72 Å². The van der Waals surface area contributed by atoms with Gasteiger partial charge in [-0.1, -0.05) is 12.1 Å². The van der Waals surface area contributed by atoms with E-state index in [1.54, 1.807) is 24.0 Å². The number of halogens is 4. The zero-order chi connectivity index (χ0) is 21.5. The van der Waals surface area contributed by atoms with Crippen LogP contribution in [-0.2, 0) is 6.54 Å². The molecule has 2 aromatic carbocycles. The van der Waals surface area contributed by atoms with Crippen LogP contribution in [0.3, 0.4) is 0 Å². The molecule has 0 radical (unpaired) electrons. The Bertz CT molecular complexity index is 1270. The smallest absolute Gasteiger partial charge is 0.406 e. The van der Waals surface area contributed by atoms with Crippen LogP contribution in [0, 0.1) is 12.7 Å². The number of aromatic amines is 1. The molecule has 0 spiro atoms. The Labute approximate surface area is 167 Å². The molecule has 0 bridgehead atoms. The molecule has 2 heterocycles. The fraction of sp³-hybridized carbons (Fsp3) is 0.143. The molecule has 0 fully saturated rings. The predicted molar refractivity (Wildman–Crippen MR) is 103 cm³/mol. The first-order valence-electron chi connectivity index (χ1n) is 8.89. The molecule has 0 unspecified atom stereocenters. The van der Waals surface area contributed by atoms with Crippen LogP contribution in [0.5, 0.6) is 5.75 Å². The minimum atomic E-state index is -4.74. The van der Waals surface area contributed by atoms with Gasteiger partial charge in [0.05, 0.1) is 24.0 Å². The highest BCUT2D eigenvalue weighted by Gasteiger charge is 2.30. The Morgan fingerprint density at radius 3 is 2.57 bits per heavy atom. The van der Waals surface area contributed by atoms with Crippen LogP contribution >= 0.6 is 0 Å². The summed E-state index contributed by atoms with van der Waals surface area (Å²) in [5, 5.41) is 4.64. The number of ether oxygens (including phenoxy) is 1. The van der Waals surface area contributed by atoms with Crippen molar-refractivity contribution >= 4 is 10.9 Å². The summed E-state index contributed by atoms with van der Waals surface area (Å²) < 4.78 is 55.8. The van der Waals surface area contributed by atoms with E-state index in [0.29, 0.717) is 39.8 Å². The highest BCUT2D eigenvalue weighted by molar-refractivity contribution is 5.83. The summed E-state index contributed by atoms with van der Waals surface area (Å²) in [7, 11) is 0. The molecule has 1 N–H and O–H groups in total. The number of rotatable bonds is 4. The summed E-state index contributed by atoms with van der Waals surface area (Å²) in [6.07, 6.45) is -1.48. The van der Waals surface area contributed by atoms with Crippen LogP contribution in [0.25, 0.3) is 22.2 Å². The molecule has 30 heavy (non-hydrogen) atoms. The maximum absolute atomic E-state index is 13.6. The van der Waals surface area contributed by atoms with Crippen molar-refractivity contribution in [3.63, 3.8) is 0 Å². The average molecular weight is 417 g/mol. The van der Waals surface area contributed by atoms with Gasteiger partial charge in [-0.25, -0.2) is 4.39 Å². The molecule has 0 saturated carbocycles. The van der Waals surface area contributed by atoms with Crippen molar-refractivity contribution < 1.29 is 22.3 Å². The topological polar surface area (TPSA) is 59.9 Å². The molecule has 5 nitrogen and oxygen atoms in total. The molecule has 0 aliphatic carbocycles. The Balaban J connectivity index is 1.60. The third-order valence-corrected chi connectivity index (χ3v) is 4.62. The average Bonchev–Trinajstić information content (AvgIpc) is 3.13. The molecule has 0 aliphatic heterocycles. The monoisotopic (exact) mass is 417 g/mol. The van der Waals surface area contributed by atoms with Gasteiger partial charge in [-0.15, -0.1) is 13.2 Å². The molecular formula is C21H15F4N3O2. The summed E-state index contributed by atoms with van der Waals surface area (Å²) in [6.45, 7) is 1.98. The lowest BCUT2D eigenvalue weighted by Gasteiger charge is -2.09. The van der Waals surface area contributed by atoms with Crippen molar-refractivity contribution in [1.29, 1.82) is 0 Å². The van der Waals surface area contributed by atoms with Gasteiger partial charge in [0.2, 0.25) is 0 Å². The van der Waals surface area contributed by atoms with Crippen LogP contribution in [0.15, 0.2) is 59.7 Å². The second-order valence-electron chi connectivity index (χ2n) is 6.76. The van der Waals surface area contributed by atoms with Crippen LogP contribution in [0.2, 0.25) is 0 Å². The van der Waals surface area contributed by atoms with E-state index in [-0.39, 0.29) is 11.2 Å². The van der Waals surface area contributed by atoms with E-state index in [1.807, 2.05) is 0 Å². The van der Waals surface area contributed by atoms with E-state index in [2.05, 4.69) is 14.8 Å². The van der Waals surface area contributed by atoms with Gasteiger partial charge in [0, 0.05) is 22.7 Å². The summed E-state index contributed by atoms with van der Waals surface area (Å²) >= 11 is 0. The number of nitrogens with zero attached hydrogens (tertiary/aromatic N) is 2. The Morgan fingerprint density at radius 2 is 1.87 bits per heavy atom. The summed E-state index contributed by atoms with van der Waals surface area (Å²) in [5.41, 5.74) is 2.53. The second kappa shape index (κ2) is 7.33. The van der Waals surface area contributed by atoms with Gasteiger partial charge in [0.1, 0.15) is 11.6 Å². The first-order chi connectivity index (χ1) is 14.2. The van der Waals surface area contributed by atoms with Gasteiger partial charge in [-0.05, 0) is 42.8 Å². The van der Waals surface area contributed by atoms with Crippen LogP contribution in [-0.4, -0.2) is 21.1 Å². The van der Waals surface area contributed by atoms with E-state index < -0.39 is 12.2 Å². The van der Waals surface area contributed by atoms with Crippen LogP contribution in [0.4, 0.5) is 17.6 Å². The molecular weight excluding hydrogens is 402 g/mol. The number of aromatic nitrogens is 3. The van der Waals surface area contributed by atoms with Crippen LogP contribution < -0.4 is 10.2 Å². The number of H-pyrrole nitrogens is 1. The molecule has 2 aromatic heterocycles. The third-order valence-electron chi connectivity index (χ3n) is 4.62. The zero-order valence-electron chi connectivity index (χ0n) is 15.6. The second-order valence-corrected chi connectivity index (χ2v) is 6.76. The molecule has 0 saturated heterocycles. The lowest BCUT2D eigenvalue weighted by Crippen LogP contribution is -2.17. The summed E-state index contributed by atoms with van der Waals surface area (Å²) in [5.74, 6) is -0.759. The van der Waals surface area contributed by atoms with Gasteiger partial charge in [-0.3, -0.25) is 9.48 Å². The number of hydrogen-bond acceptors (Lipinski definition) is 3. The van der Waals surface area contributed by atoms with E-state index in [0.717, 1.165) is 0 Å². The van der Waals surface area contributed by atoms with Crippen molar-refractivity contribution in [3.8, 4) is 17.0 Å². The third kappa shape index (κ3) is 4.05. The quantitative estimate of drug-likeness (QED) is 0.486.